The van der Waals surface area contributed by atoms with Gasteiger partial charge in [-0.05, 0) is 12.1 Å². The van der Waals surface area contributed by atoms with E-state index in [9.17, 15) is 17.4 Å². The van der Waals surface area contributed by atoms with E-state index in [1.54, 1.807) is 0 Å². The molecule has 8 heteroatoms. The topological polar surface area (TPSA) is 57.5 Å². The first-order valence-corrected chi connectivity index (χ1v) is 5.34. The van der Waals surface area contributed by atoms with Gasteiger partial charge in [0.15, 0.2) is 11.1 Å². The number of halogens is 4. The Morgan fingerprint density at radius 1 is 1.33 bits per heavy atom. The van der Waals surface area contributed by atoms with Crippen molar-refractivity contribution in [3.63, 3.8) is 0 Å². The molecule has 0 radical (unpaired) electrons. The summed E-state index contributed by atoms with van der Waals surface area (Å²) < 4.78 is 56.2. The molecule has 1 rings (SSSR count). The molecule has 1 atom stereocenters. The van der Waals surface area contributed by atoms with Crippen molar-refractivity contribution in [1.82, 2.24) is 0 Å². The molecule has 0 aliphatic carbocycles. The van der Waals surface area contributed by atoms with Crippen LogP contribution in [-0.4, -0.2) is 13.9 Å². The molecule has 1 unspecified atom stereocenters. The quantitative estimate of drug-likeness (QED) is 0.784. The smallest absolute Gasteiger partial charge is 0.420 e. The number of phenolic OH excluding ortho intramolecular Hbond substituents is 1. The van der Waals surface area contributed by atoms with Crippen molar-refractivity contribution in [3.8, 4) is 5.75 Å². The van der Waals surface area contributed by atoms with Gasteiger partial charge in [-0.15, -0.1) is 0 Å². The maximum Gasteiger partial charge on any atom is 0.420 e. The van der Waals surface area contributed by atoms with Gasteiger partial charge in [0.2, 0.25) is 0 Å². The van der Waals surface area contributed by atoms with Crippen LogP contribution in [0.1, 0.15) is 5.56 Å². The van der Waals surface area contributed by atoms with Crippen molar-refractivity contribution in [2.24, 2.45) is 0 Å². The number of phenols is 1. The maximum absolute atomic E-state index is 12.3. The standard InChI is InChI=1S/C7H4BrF3O3S/c8-3-1-4(7(9,10)11)6(12)5(2-3)15(13)14/h1-2,12H,(H,13,14). The van der Waals surface area contributed by atoms with Gasteiger partial charge in [-0.2, -0.15) is 13.2 Å². The zero-order valence-electron chi connectivity index (χ0n) is 6.88. The fourth-order valence-electron chi connectivity index (χ4n) is 0.923. The number of hydrogen-bond acceptors (Lipinski definition) is 2. The van der Waals surface area contributed by atoms with E-state index in [2.05, 4.69) is 15.9 Å². The van der Waals surface area contributed by atoms with Gasteiger partial charge in [0, 0.05) is 4.47 Å². The Labute approximate surface area is 93.3 Å². The third kappa shape index (κ3) is 2.70. The van der Waals surface area contributed by atoms with Crippen molar-refractivity contribution in [3.05, 3.63) is 22.2 Å². The Balaban J connectivity index is 3.49. The van der Waals surface area contributed by atoms with E-state index in [-0.39, 0.29) is 4.47 Å². The first-order valence-electron chi connectivity index (χ1n) is 3.44. The van der Waals surface area contributed by atoms with Crippen LogP contribution in [0.5, 0.6) is 5.75 Å². The molecule has 2 N–H and O–H groups in total. The number of rotatable bonds is 1. The molecule has 0 bridgehead atoms. The number of aromatic hydroxyl groups is 1. The molecule has 0 spiro atoms. The second-order valence-corrected chi connectivity index (χ2v) is 4.40. The lowest BCUT2D eigenvalue weighted by Gasteiger charge is -2.11. The van der Waals surface area contributed by atoms with Crippen molar-refractivity contribution in [1.29, 1.82) is 0 Å². The van der Waals surface area contributed by atoms with E-state index in [1.807, 2.05) is 0 Å². The van der Waals surface area contributed by atoms with E-state index in [0.29, 0.717) is 6.07 Å². The molecule has 84 valence electrons. The van der Waals surface area contributed by atoms with Crippen molar-refractivity contribution in [2.45, 2.75) is 11.1 Å². The second-order valence-electron chi connectivity index (χ2n) is 2.55. The largest absolute Gasteiger partial charge is 0.506 e. The van der Waals surface area contributed by atoms with Gasteiger partial charge in [0.25, 0.3) is 0 Å². The van der Waals surface area contributed by atoms with Gasteiger partial charge in [0.1, 0.15) is 10.6 Å². The molecule has 0 aliphatic rings. The highest BCUT2D eigenvalue weighted by Gasteiger charge is 2.36. The Morgan fingerprint density at radius 3 is 2.27 bits per heavy atom. The molecule has 3 nitrogen and oxygen atoms in total. The minimum Gasteiger partial charge on any atom is -0.506 e. The molecule has 0 saturated carbocycles. The van der Waals surface area contributed by atoms with Crippen LogP contribution in [-0.2, 0) is 17.3 Å². The minimum atomic E-state index is -4.78. The Bertz CT molecular complexity index is 419. The van der Waals surface area contributed by atoms with E-state index in [4.69, 9.17) is 9.66 Å². The normalized spacial score (nSPS) is 13.9. The Morgan fingerprint density at radius 2 is 1.87 bits per heavy atom. The van der Waals surface area contributed by atoms with Crippen LogP contribution in [0.25, 0.3) is 0 Å². The van der Waals surface area contributed by atoms with Crippen LogP contribution in [0.2, 0.25) is 0 Å². The first kappa shape index (κ1) is 12.5. The molecule has 0 saturated heterocycles. The average Bonchev–Trinajstić information content (AvgIpc) is 2.06. The summed E-state index contributed by atoms with van der Waals surface area (Å²) in [6, 6.07) is 1.58. The van der Waals surface area contributed by atoms with Gasteiger partial charge in [-0.3, -0.25) is 0 Å². The third-order valence-electron chi connectivity index (χ3n) is 1.53. The van der Waals surface area contributed by atoms with E-state index in [0.717, 1.165) is 6.07 Å². The molecular weight excluding hydrogens is 301 g/mol. The molecule has 0 aliphatic heterocycles. The molecule has 15 heavy (non-hydrogen) atoms. The second kappa shape index (κ2) is 4.11. The van der Waals surface area contributed by atoms with Crippen LogP contribution >= 0.6 is 15.9 Å². The summed E-state index contributed by atoms with van der Waals surface area (Å²) in [4.78, 5) is -0.684. The molecule has 0 aromatic heterocycles. The zero-order valence-corrected chi connectivity index (χ0v) is 9.28. The third-order valence-corrected chi connectivity index (χ3v) is 2.68. The van der Waals surface area contributed by atoms with Crippen LogP contribution in [0.15, 0.2) is 21.5 Å². The summed E-state index contributed by atoms with van der Waals surface area (Å²) >= 11 is 0.0754. The van der Waals surface area contributed by atoms with Crippen LogP contribution in [0.4, 0.5) is 13.2 Å². The van der Waals surface area contributed by atoms with Gasteiger partial charge >= 0.3 is 6.18 Å². The van der Waals surface area contributed by atoms with E-state index < -0.39 is 33.5 Å². The Kier molecular flexibility index (Phi) is 3.41. The van der Waals surface area contributed by atoms with E-state index in [1.165, 1.54) is 0 Å². The van der Waals surface area contributed by atoms with Crippen molar-refractivity contribution < 1.29 is 27.0 Å². The summed E-state index contributed by atoms with van der Waals surface area (Å²) in [6.45, 7) is 0. The predicted molar refractivity (Wildman–Crippen MR) is 49.8 cm³/mol. The molecular formula is C7H4BrF3O3S. The van der Waals surface area contributed by atoms with E-state index >= 15 is 0 Å². The van der Waals surface area contributed by atoms with Gasteiger partial charge in [-0.25, -0.2) is 4.21 Å². The monoisotopic (exact) mass is 304 g/mol. The van der Waals surface area contributed by atoms with Gasteiger partial charge < -0.3 is 9.66 Å². The molecule has 0 fully saturated rings. The number of hydrogen-bond donors (Lipinski definition) is 2. The summed E-state index contributed by atoms with van der Waals surface area (Å²) in [7, 11) is 0. The lowest BCUT2D eigenvalue weighted by Crippen LogP contribution is -2.07. The lowest BCUT2D eigenvalue weighted by molar-refractivity contribution is -0.139. The fraction of sp³-hybridized carbons (Fsp3) is 0.143. The summed E-state index contributed by atoms with van der Waals surface area (Å²) in [5, 5.41) is 9.13. The summed E-state index contributed by atoms with van der Waals surface area (Å²) in [6.07, 6.45) is -4.78. The Hall–Kier alpha value is -0.600. The van der Waals surface area contributed by atoms with Crippen molar-refractivity contribution >= 4 is 27.0 Å². The van der Waals surface area contributed by atoms with Crippen molar-refractivity contribution in [2.75, 3.05) is 0 Å². The maximum atomic E-state index is 12.3. The molecule has 1 aromatic carbocycles. The summed E-state index contributed by atoms with van der Waals surface area (Å²) in [5.74, 6) is -1.23. The zero-order chi connectivity index (χ0) is 11.8. The molecule has 1 aromatic rings. The lowest BCUT2D eigenvalue weighted by atomic mass is 10.2. The van der Waals surface area contributed by atoms with Gasteiger partial charge in [0.05, 0.1) is 5.56 Å². The van der Waals surface area contributed by atoms with Crippen LogP contribution in [0.3, 0.4) is 0 Å². The molecule has 0 heterocycles. The number of alkyl halides is 3. The highest BCUT2D eigenvalue weighted by Crippen LogP contribution is 2.40. The highest BCUT2D eigenvalue weighted by molar-refractivity contribution is 9.10. The van der Waals surface area contributed by atoms with Crippen LogP contribution < -0.4 is 0 Å². The highest BCUT2D eigenvalue weighted by atomic mass is 79.9. The average molecular weight is 305 g/mol. The first-order chi connectivity index (χ1) is 6.73. The fourth-order valence-corrected chi connectivity index (χ4v) is 2.04. The van der Waals surface area contributed by atoms with Crippen LogP contribution in [0, 0.1) is 0 Å². The number of benzene rings is 1. The minimum absolute atomic E-state index is 0.0370. The SMILES string of the molecule is O=S(O)c1cc(Br)cc(C(F)(F)F)c1O. The molecule has 0 amide bonds. The van der Waals surface area contributed by atoms with Gasteiger partial charge in [-0.1, -0.05) is 15.9 Å². The predicted octanol–water partition coefficient (Wildman–Crippen LogP) is 2.75. The summed E-state index contributed by atoms with van der Waals surface area (Å²) in [5.41, 5.74) is -1.35.